The number of aromatic nitrogens is 2. The van der Waals surface area contributed by atoms with Gasteiger partial charge < -0.3 is 14.5 Å². The zero-order chi connectivity index (χ0) is 20.9. The third-order valence-corrected chi connectivity index (χ3v) is 6.23. The van der Waals surface area contributed by atoms with E-state index in [0.717, 1.165) is 6.07 Å². The summed E-state index contributed by atoms with van der Waals surface area (Å²) in [5.74, 6) is -1.71. The van der Waals surface area contributed by atoms with Crippen LogP contribution in [-0.2, 0) is 9.53 Å². The molecule has 7 nitrogen and oxygen atoms in total. The van der Waals surface area contributed by atoms with Crippen LogP contribution in [0, 0.1) is 11.6 Å². The van der Waals surface area contributed by atoms with Gasteiger partial charge in [-0.15, -0.1) is 0 Å². The lowest BCUT2D eigenvalue weighted by molar-refractivity contribution is -0.142. The first-order valence-corrected chi connectivity index (χ1v) is 9.99. The van der Waals surface area contributed by atoms with Gasteiger partial charge in [0.05, 0.1) is 12.2 Å². The fraction of sp³-hybridized carbons (Fsp3) is 0.429. The third-order valence-electron chi connectivity index (χ3n) is 6.23. The van der Waals surface area contributed by atoms with Crippen molar-refractivity contribution in [1.29, 1.82) is 0 Å². The molecule has 0 N–H and O–H groups in total. The molecular formula is C21H20F2N4O3. The van der Waals surface area contributed by atoms with Crippen LogP contribution < -0.4 is 0 Å². The van der Waals surface area contributed by atoms with Gasteiger partial charge in [0.2, 0.25) is 0 Å². The number of ether oxygens (including phenoxy) is 1. The molecule has 0 aliphatic carbocycles. The van der Waals surface area contributed by atoms with Crippen molar-refractivity contribution in [2.24, 2.45) is 0 Å². The summed E-state index contributed by atoms with van der Waals surface area (Å²) in [7, 11) is 0. The fourth-order valence-electron chi connectivity index (χ4n) is 4.78. The Kier molecular flexibility index (Phi) is 4.50. The number of halogens is 2. The quantitative estimate of drug-likeness (QED) is 0.755. The van der Waals surface area contributed by atoms with E-state index < -0.39 is 29.5 Å². The number of nitrogens with zero attached hydrogens (tertiary/aromatic N) is 4. The molecule has 3 aliphatic heterocycles. The average molecular weight is 414 g/mol. The van der Waals surface area contributed by atoms with E-state index in [1.807, 2.05) is 0 Å². The lowest BCUT2D eigenvalue weighted by Gasteiger charge is -2.37. The van der Waals surface area contributed by atoms with E-state index in [2.05, 4.69) is 9.97 Å². The van der Waals surface area contributed by atoms with Crippen molar-refractivity contribution in [3.63, 3.8) is 0 Å². The van der Waals surface area contributed by atoms with E-state index in [4.69, 9.17) is 4.74 Å². The summed E-state index contributed by atoms with van der Waals surface area (Å²) < 4.78 is 33.6. The zero-order valence-electron chi connectivity index (χ0n) is 16.1. The Balaban J connectivity index is 1.32. The van der Waals surface area contributed by atoms with E-state index in [0.29, 0.717) is 44.3 Å². The minimum absolute atomic E-state index is 0.161. The SMILES string of the molecule is O=C(c1cnccn1)N1CCC2(CC1)OC1CCC(c3cc(F)cc(F)c3)N1C2=O. The normalized spacial score (nSPS) is 25.1. The number of hydrogen-bond donors (Lipinski definition) is 0. The highest BCUT2D eigenvalue weighted by Crippen LogP contribution is 2.47. The first kappa shape index (κ1) is 19.0. The van der Waals surface area contributed by atoms with E-state index >= 15 is 0 Å². The number of carbonyl (C=O) groups is 2. The smallest absolute Gasteiger partial charge is 0.274 e. The summed E-state index contributed by atoms with van der Waals surface area (Å²) in [6.07, 6.45) is 5.92. The number of benzene rings is 1. The van der Waals surface area contributed by atoms with Gasteiger partial charge in [0.15, 0.2) is 5.60 Å². The minimum Gasteiger partial charge on any atom is -0.342 e. The van der Waals surface area contributed by atoms with Gasteiger partial charge in [-0.2, -0.15) is 0 Å². The highest BCUT2D eigenvalue weighted by molar-refractivity contribution is 5.93. The van der Waals surface area contributed by atoms with Crippen LogP contribution in [0.1, 0.15) is 47.8 Å². The Labute approximate surface area is 171 Å². The molecule has 0 radical (unpaired) electrons. The molecule has 3 aliphatic rings. The highest BCUT2D eigenvalue weighted by Gasteiger charge is 2.58. The minimum atomic E-state index is -0.992. The highest BCUT2D eigenvalue weighted by atomic mass is 19.1. The van der Waals surface area contributed by atoms with Crippen LogP contribution >= 0.6 is 0 Å². The van der Waals surface area contributed by atoms with E-state index in [-0.39, 0.29) is 17.5 Å². The molecule has 3 saturated heterocycles. The van der Waals surface area contributed by atoms with Crippen molar-refractivity contribution < 1.29 is 23.1 Å². The maximum Gasteiger partial charge on any atom is 0.274 e. The van der Waals surface area contributed by atoms with Gasteiger partial charge in [-0.05, 0) is 30.5 Å². The standard InChI is InChI=1S/C21H20F2N4O3/c22-14-9-13(10-15(23)11-14)17-1-2-18-27(17)20(29)21(30-18)3-7-26(8-4-21)19(28)16-12-24-5-6-25-16/h5-6,9-12,17-18H,1-4,7-8H2. The second kappa shape index (κ2) is 7.09. The number of hydrogen-bond acceptors (Lipinski definition) is 5. The van der Waals surface area contributed by atoms with Gasteiger partial charge >= 0.3 is 0 Å². The van der Waals surface area contributed by atoms with Gasteiger partial charge in [0, 0.05) is 44.4 Å². The average Bonchev–Trinajstić information content (AvgIpc) is 3.26. The molecule has 4 heterocycles. The predicted octanol–water partition coefficient (Wildman–Crippen LogP) is 2.45. The largest absolute Gasteiger partial charge is 0.342 e. The topological polar surface area (TPSA) is 75.6 Å². The van der Waals surface area contributed by atoms with Crippen molar-refractivity contribution in [3.05, 3.63) is 59.7 Å². The summed E-state index contributed by atoms with van der Waals surface area (Å²) in [6.45, 7) is 0.724. The maximum absolute atomic E-state index is 13.7. The lowest BCUT2D eigenvalue weighted by atomic mass is 9.89. The zero-order valence-corrected chi connectivity index (χ0v) is 16.1. The Hall–Kier alpha value is -2.94. The Morgan fingerprint density at radius 3 is 2.50 bits per heavy atom. The molecular weight excluding hydrogens is 394 g/mol. The molecule has 5 rings (SSSR count). The number of rotatable bonds is 2. The Morgan fingerprint density at radius 1 is 1.10 bits per heavy atom. The molecule has 1 spiro atoms. The Morgan fingerprint density at radius 2 is 1.83 bits per heavy atom. The van der Waals surface area contributed by atoms with Gasteiger partial charge in [-0.1, -0.05) is 0 Å². The summed E-state index contributed by atoms with van der Waals surface area (Å²) in [6, 6.07) is 2.96. The molecule has 30 heavy (non-hydrogen) atoms. The van der Waals surface area contributed by atoms with Gasteiger partial charge in [0.1, 0.15) is 23.6 Å². The number of carbonyl (C=O) groups excluding carboxylic acids is 2. The van der Waals surface area contributed by atoms with Crippen molar-refractivity contribution >= 4 is 11.8 Å². The van der Waals surface area contributed by atoms with E-state index in [1.165, 1.54) is 30.7 Å². The van der Waals surface area contributed by atoms with Crippen LogP contribution in [0.2, 0.25) is 0 Å². The number of piperidine rings is 1. The second-order valence-electron chi connectivity index (χ2n) is 7.96. The van der Waals surface area contributed by atoms with Crippen molar-refractivity contribution in [1.82, 2.24) is 19.8 Å². The first-order valence-electron chi connectivity index (χ1n) is 9.99. The first-order chi connectivity index (χ1) is 14.5. The molecule has 1 aromatic heterocycles. The van der Waals surface area contributed by atoms with Crippen LogP contribution in [0.5, 0.6) is 0 Å². The van der Waals surface area contributed by atoms with Crippen LogP contribution in [0.4, 0.5) is 8.78 Å². The van der Waals surface area contributed by atoms with Crippen molar-refractivity contribution in [2.45, 2.75) is 43.6 Å². The van der Waals surface area contributed by atoms with E-state index in [9.17, 15) is 18.4 Å². The fourth-order valence-corrected chi connectivity index (χ4v) is 4.78. The van der Waals surface area contributed by atoms with Gasteiger partial charge in [0.25, 0.3) is 11.8 Å². The third kappa shape index (κ3) is 3.04. The Bertz CT molecular complexity index is 975. The lowest BCUT2D eigenvalue weighted by Crippen LogP contribution is -2.51. The molecule has 3 fully saturated rings. The summed E-state index contributed by atoms with van der Waals surface area (Å²) >= 11 is 0. The van der Waals surface area contributed by atoms with Crippen LogP contribution in [-0.4, -0.2) is 56.5 Å². The molecule has 0 saturated carbocycles. The molecule has 2 aromatic rings. The number of likely N-dealkylation sites (tertiary alicyclic amines) is 1. The summed E-state index contributed by atoms with van der Waals surface area (Å²) in [5, 5.41) is 0. The monoisotopic (exact) mass is 414 g/mol. The van der Waals surface area contributed by atoms with Gasteiger partial charge in [-0.3, -0.25) is 14.6 Å². The molecule has 2 unspecified atom stereocenters. The van der Waals surface area contributed by atoms with Crippen molar-refractivity contribution in [3.8, 4) is 0 Å². The number of amides is 2. The second-order valence-corrected chi connectivity index (χ2v) is 7.96. The van der Waals surface area contributed by atoms with Gasteiger partial charge in [-0.25, -0.2) is 13.8 Å². The molecule has 1 aromatic carbocycles. The predicted molar refractivity (Wildman–Crippen MR) is 100.0 cm³/mol. The van der Waals surface area contributed by atoms with E-state index in [1.54, 1.807) is 9.80 Å². The summed E-state index contributed by atoms with van der Waals surface area (Å²) in [5.41, 5.74) is -0.283. The van der Waals surface area contributed by atoms with Crippen LogP contribution in [0.25, 0.3) is 0 Å². The maximum atomic E-state index is 13.7. The van der Waals surface area contributed by atoms with Crippen molar-refractivity contribution in [2.75, 3.05) is 13.1 Å². The molecule has 2 atom stereocenters. The number of fused-ring (bicyclic) bond motifs is 1. The molecule has 156 valence electrons. The van der Waals surface area contributed by atoms with Crippen LogP contribution in [0.3, 0.4) is 0 Å². The molecule has 9 heteroatoms. The molecule has 2 amide bonds. The summed E-state index contributed by atoms with van der Waals surface area (Å²) in [4.78, 5) is 37.2. The van der Waals surface area contributed by atoms with Crippen LogP contribution in [0.15, 0.2) is 36.8 Å². The molecule has 0 bridgehead atoms.